The lowest BCUT2D eigenvalue weighted by Crippen LogP contribution is -2.58. The van der Waals surface area contributed by atoms with Crippen LogP contribution in [-0.2, 0) is 9.47 Å². The van der Waals surface area contributed by atoms with Crippen LogP contribution < -0.4 is 0 Å². The Morgan fingerprint density at radius 1 is 0.680 bits per heavy atom. The molecule has 0 spiro atoms. The van der Waals surface area contributed by atoms with Gasteiger partial charge in [0.05, 0.1) is 13.2 Å². The van der Waals surface area contributed by atoms with E-state index in [1.807, 2.05) is 27.7 Å². The molecule has 0 saturated carbocycles. The molecule has 5 heteroatoms. The summed E-state index contributed by atoms with van der Waals surface area (Å²) in [6.45, 7) is 13.0. The van der Waals surface area contributed by atoms with Gasteiger partial charge < -0.3 is 9.47 Å². The lowest BCUT2D eigenvalue weighted by atomic mass is 10.2. The Kier molecular flexibility index (Phi) is 12.9. The average molecular weight is 373 g/mol. The maximum Gasteiger partial charge on any atom is 0.316 e. The van der Waals surface area contributed by atoms with Gasteiger partial charge in [-0.2, -0.15) is 0 Å². The van der Waals surface area contributed by atoms with Gasteiger partial charge in [0, 0.05) is 0 Å². The van der Waals surface area contributed by atoms with Crippen LogP contribution in [0.15, 0.2) is 0 Å². The molecule has 25 heavy (non-hydrogen) atoms. The first-order chi connectivity index (χ1) is 11.8. The molecule has 0 heterocycles. The fraction of sp³-hybridized carbons (Fsp3) is 0.900. The monoisotopic (exact) mass is 372 g/mol. The number of hydrogen-bond donors (Lipinski definition) is 0. The Balaban J connectivity index is 4.86. The molecular weight excluding hydrogens is 332 g/mol. The zero-order valence-electron chi connectivity index (χ0n) is 17.4. The van der Waals surface area contributed by atoms with Crippen LogP contribution in [0.25, 0.3) is 0 Å². The second-order valence-corrected chi connectivity index (χ2v) is 12.4. The van der Waals surface area contributed by atoms with E-state index in [-0.39, 0.29) is 22.3 Å². The first-order valence-electron chi connectivity index (χ1n) is 10.2. The molecule has 0 saturated heterocycles. The molecule has 0 aliphatic carbocycles. The molecule has 148 valence electrons. The van der Waals surface area contributed by atoms with Crippen molar-refractivity contribution in [3.8, 4) is 0 Å². The van der Waals surface area contributed by atoms with Gasteiger partial charge in [0.2, 0.25) is 0 Å². The highest BCUT2D eigenvalue weighted by molar-refractivity contribution is 7.24. The quantitative estimate of drug-likeness (QED) is 0.247. The summed E-state index contributed by atoms with van der Waals surface area (Å²) < 4.78 is 11.1. The molecule has 0 N–H and O–H groups in total. The number of unbranched alkanes of at least 4 members (excludes halogenated alkanes) is 6. The van der Waals surface area contributed by atoms with E-state index in [1.54, 1.807) is 0 Å². The largest absolute Gasteiger partial charge is 0.470 e. The molecule has 0 aromatic carbocycles. The Morgan fingerprint density at radius 2 is 1.04 bits per heavy atom. The molecule has 0 radical (unpaired) electrons. The van der Waals surface area contributed by atoms with Gasteiger partial charge in [0.1, 0.15) is 0 Å². The summed E-state index contributed by atoms with van der Waals surface area (Å²) in [7, 11) is -3.02. The fourth-order valence-electron chi connectivity index (χ4n) is 3.32. The molecule has 0 rings (SSSR count). The smallest absolute Gasteiger partial charge is 0.316 e. The Bertz CT molecular complexity index is 344. The molecule has 0 aliphatic heterocycles. The van der Waals surface area contributed by atoms with E-state index < -0.39 is 8.07 Å². The van der Waals surface area contributed by atoms with Crippen LogP contribution in [0.4, 0.5) is 9.59 Å². The van der Waals surface area contributed by atoms with Crippen molar-refractivity contribution in [2.45, 2.75) is 104 Å². The molecule has 0 atom stereocenters. The van der Waals surface area contributed by atoms with E-state index in [0.717, 1.165) is 51.4 Å². The van der Waals surface area contributed by atoms with Crippen LogP contribution in [0.2, 0.25) is 11.1 Å². The van der Waals surface area contributed by atoms with E-state index in [9.17, 15) is 9.59 Å². The maximum absolute atomic E-state index is 12.9. The van der Waals surface area contributed by atoms with Crippen LogP contribution in [-0.4, -0.2) is 32.5 Å². The molecule has 0 unspecified atom stereocenters. The SMILES string of the molecule is CCCCCCOC(=O)[Si](C(=O)OCCCCCC)(C(C)C)C(C)C. The molecule has 0 amide bonds. The molecule has 4 nitrogen and oxygen atoms in total. The minimum Gasteiger partial charge on any atom is -0.470 e. The third kappa shape index (κ3) is 7.51. The minimum atomic E-state index is -3.02. The van der Waals surface area contributed by atoms with Gasteiger partial charge in [-0.25, -0.2) is 0 Å². The van der Waals surface area contributed by atoms with Crippen LogP contribution in [0, 0.1) is 0 Å². The van der Waals surface area contributed by atoms with Crippen molar-refractivity contribution in [1.29, 1.82) is 0 Å². The second kappa shape index (κ2) is 13.4. The molecule has 0 bridgehead atoms. The van der Waals surface area contributed by atoms with Gasteiger partial charge in [0.15, 0.2) is 0 Å². The highest BCUT2D eigenvalue weighted by atomic mass is 28.3. The summed E-state index contributed by atoms with van der Waals surface area (Å²) >= 11 is 0. The lowest BCUT2D eigenvalue weighted by molar-refractivity contribution is 0.156. The summed E-state index contributed by atoms with van der Waals surface area (Å²) in [6.07, 6.45) is 8.44. The Morgan fingerprint density at radius 3 is 1.32 bits per heavy atom. The van der Waals surface area contributed by atoms with Gasteiger partial charge in [-0.3, -0.25) is 9.59 Å². The molecular formula is C20H40O4Si. The third-order valence-corrected chi connectivity index (χ3v) is 10.2. The van der Waals surface area contributed by atoms with Gasteiger partial charge in [0.25, 0.3) is 11.2 Å². The molecule has 0 aliphatic rings. The van der Waals surface area contributed by atoms with Crippen molar-refractivity contribution in [1.82, 2.24) is 0 Å². The predicted molar refractivity (Wildman–Crippen MR) is 107 cm³/mol. The van der Waals surface area contributed by atoms with Crippen molar-refractivity contribution < 1.29 is 19.1 Å². The van der Waals surface area contributed by atoms with E-state index >= 15 is 0 Å². The Labute approximate surface area is 156 Å². The highest BCUT2D eigenvalue weighted by Crippen LogP contribution is 2.36. The van der Waals surface area contributed by atoms with Gasteiger partial charge >= 0.3 is 8.07 Å². The topological polar surface area (TPSA) is 52.6 Å². The summed E-state index contributed by atoms with van der Waals surface area (Å²) in [5.41, 5.74) is -0.627. The summed E-state index contributed by atoms with van der Waals surface area (Å²) in [5.74, 6) is 0. The standard InChI is InChI=1S/C20H40O4Si/c1-7-9-11-13-15-23-19(21)25(17(3)4,18(5)6)20(22)24-16-14-12-10-8-2/h17-18H,7-16H2,1-6H3. The van der Waals surface area contributed by atoms with Crippen molar-refractivity contribution in [2.75, 3.05) is 13.2 Å². The zero-order chi connectivity index (χ0) is 19.3. The van der Waals surface area contributed by atoms with Gasteiger partial charge in [-0.15, -0.1) is 0 Å². The average Bonchev–Trinajstić information content (AvgIpc) is 2.54. The van der Waals surface area contributed by atoms with E-state index in [0.29, 0.717) is 13.2 Å². The number of carbonyl (C=O) groups is 2. The number of hydrogen-bond acceptors (Lipinski definition) is 4. The van der Waals surface area contributed by atoms with Crippen molar-refractivity contribution in [2.24, 2.45) is 0 Å². The molecule has 0 aromatic rings. The summed E-state index contributed by atoms with van der Waals surface area (Å²) in [5, 5.41) is 0. The zero-order valence-corrected chi connectivity index (χ0v) is 18.4. The van der Waals surface area contributed by atoms with Crippen molar-refractivity contribution >= 4 is 19.3 Å². The van der Waals surface area contributed by atoms with Gasteiger partial charge in [-0.1, -0.05) is 80.1 Å². The summed E-state index contributed by atoms with van der Waals surface area (Å²) in [6, 6.07) is 0. The Hall–Kier alpha value is -0.843. The van der Waals surface area contributed by atoms with Crippen molar-refractivity contribution in [3.05, 3.63) is 0 Å². The maximum atomic E-state index is 12.9. The first-order valence-corrected chi connectivity index (χ1v) is 12.3. The number of ether oxygens (including phenoxy) is 2. The lowest BCUT2D eigenvalue weighted by Gasteiger charge is -2.33. The normalized spacial score (nSPS) is 11.8. The fourth-order valence-corrected chi connectivity index (χ4v) is 7.39. The van der Waals surface area contributed by atoms with Gasteiger partial charge in [-0.05, 0) is 23.9 Å². The van der Waals surface area contributed by atoms with E-state index in [4.69, 9.17) is 9.47 Å². The number of carbonyl (C=O) groups excluding carboxylic acids is 2. The minimum absolute atomic E-state index is 0.0289. The van der Waals surface area contributed by atoms with E-state index in [1.165, 1.54) is 0 Å². The predicted octanol–water partition coefficient (Wildman–Crippen LogP) is 6.85. The third-order valence-electron chi connectivity index (χ3n) is 4.96. The number of rotatable bonds is 14. The molecule has 0 fully saturated rings. The van der Waals surface area contributed by atoms with Crippen LogP contribution in [0.3, 0.4) is 0 Å². The van der Waals surface area contributed by atoms with Crippen molar-refractivity contribution in [3.63, 3.8) is 0 Å². The van der Waals surface area contributed by atoms with Crippen LogP contribution in [0.1, 0.15) is 92.9 Å². The molecule has 0 aromatic heterocycles. The second-order valence-electron chi connectivity index (χ2n) is 7.57. The van der Waals surface area contributed by atoms with E-state index in [2.05, 4.69) is 13.8 Å². The van der Waals surface area contributed by atoms with Crippen LogP contribution in [0.5, 0.6) is 0 Å². The highest BCUT2D eigenvalue weighted by Gasteiger charge is 2.58. The van der Waals surface area contributed by atoms with Crippen LogP contribution >= 0.6 is 0 Å². The summed E-state index contributed by atoms with van der Waals surface area (Å²) in [4.78, 5) is 25.8. The first kappa shape index (κ1) is 24.2.